The number of nitrogens with zero attached hydrogens (tertiary/aromatic N) is 1. The van der Waals surface area contributed by atoms with Crippen LogP contribution in [0.5, 0.6) is 11.5 Å². The van der Waals surface area contributed by atoms with E-state index >= 15 is 0 Å². The Bertz CT molecular complexity index is 1060. The number of carbonyl (C=O) groups excluding carboxylic acids is 1. The Kier molecular flexibility index (Phi) is 8.01. The van der Waals surface area contributed by atoms with Gasteiger partial charge in [0.15, 0.2) is 11.5 Å². The lowest BCUT2D eigenvalue weighted by molar-refractivity contribution is -0.673. The van der Waals surface area contributed by atoms with Gasteiger partial charge >= 0.3 is 0 Å². The van der Waals surface area contributed by atoms with Crippen LogP contribution in [-0.4, -0.2) is 29.2 Å². The van der Waals surface area contributed by atoms with E-state index in [1.165, 1.54) is 6.07 Å². The van der Waals surface area contributed by atoms with Crippen LogP contribution in [0.1, 0.15) is 36.9 Å². The van der Waals surface area contributed by atoms with Gasteiger partial charge in [-0.2, -0.15) is 4.57 Å². The number of phenols is 2. The number of amides is 1. The smallest absolute Gasteiger partial charge is 0.220 e. The first-order valence-electron chi connectivity index (χ1n) is 10.7. The number of benzene rings is 2. The van der Waals surface area contributed by atoms with Crippen molar-refractivity contribution < 1.29 is 19.6 Å². The Morgan fingerprint density at radius 1 is 0.968 bits per heavy atom. The summed E-state index contributed by atoms with van der Waals surface area (Å²) in [5.41, 5.74) is 8.10. The van der Waals surface area contributed by atoms with Gasteiger partial charge in [0.25, 0.3) is 0 Å². The summed E-state index contributed by atoms with van der Waals surface area (Å²) in [6, 6.07) is 17.3. The van der Waals surface area contributed by atoms with Gasteiger partial charge in [-0.05, 0) is 37.1 Å². The van der Waals surface area contributed by atoms with Crippen molar-refractivity contribution in [3.05, 3.63) is 65.9 Å². The molecule has 0 aliphatic rings. The van der Waals surface area contributed by atoms with Crippen LogP contribution in [0.3, 0.4) is 0 Å². The molecular weight excluding hydrogens is 390 g/mol. The highest BCUT2D eigenvalue weighted by molar-refractivity contribution is 5.78. The predicted molar refractivity (Wildman–Crippen MR) is 123 cm³/mol. The van der Waals surface area contributed by atoms with Gasteiger partial charge < -0.3 is 21.3 Å². The number of aromatic hydroxyl groups is 2. The molecule has 6 nitrogen and oxygen atoms in total. The quantitative estimate of drug-likeness (QED) is 0.230. The van der Waals surface area contributed by atoms with Gasteiger partial charge in [-0.1, -0.05) is 24.3 Å². The normalized spacial score (nSPS) is 11.3. The number of hydrogen-bond acceptors (Lipinski definition) is 4. The molecule has 1 amide bonds. The minimum absolute atomic E-state index is 0.0535. The van der Waals surface area contributed by atoms with E-state index in [2.05, 4.69) is 34.1 Å². The summed E-state index contributed by atoms with van der Waals surface area (Å²) >= 11 is 0. The highest BCUT2D eigenvalue weighted by atomic mass is 16.3. The van der Waals surface area contributed by atoms with Gasteiger partial charge in [0, 0.05) is 55.1 Å². The van der Waals surface area contributed by atoms with Gasteiger partial charge in [-0.25, -0.2) is 0 Å². The summed E-state index contributed by atoms with van der Waals surface area (Å²) in [5.74, 6) is -0.208. The first kappa shape index (κ1) is 22.3. The summed E-state index contributed by atoms with van der Waals surface area (Å²) in [7, 11) is 0. The standard InChI is InChI=1S/C25H29N3O3/c26-16-17-27-24(30)11-2-1-5-18-28-21(14-12-19-7-3-4-9-22(19)28)15-13-20-8-6-10-23(29)25(20)31/h3-4,6-10,12-15H,1-2,5,11,16-18,26H2,(H2,27,29,30)/p+1. The van der Waals surface area contributed by atoms with Crippen molar-refractivity contribution in [1.29, 1.82) is 0 Å². The topological polar surface area (TPSA) is 99.5 Å². The molecule has 0 bridgehead atoms. The number of para-hydroxylation sites is 2. The number of carbonyl (C=O) groups is 1. The average Bonchev–Trinajstić information content (AvgIpc) is 2.79. The second kappa shape index (κ2) is 11.1. The molecule has 3 aromatic rings. The maximum atomic E-state index is 11.7. The van der Waals surface area contributed by atoms with E-state index in [1.54, 1.807) is 18.2 Å². The summed E-state index contributed by atoms with van der Waals surface area (Å²) < 4.78 is 2.25. The Morgan fingerprint density at radius 2 is 1.81 bits per heavy atom. The Balaban J connectivity index is 1.73. The van der Waals surface area contributed by atoms with Crippen molar-refractivity contribution in [3.8, 4) is 11.5 Å². The maximum Gasteiger partial charge on any atom is 0.220 e. The van der Waals surface area contributed by atoms with E-state index in [9.17, 15) is 15.0 Å². The van der Waals surface area contributed by atoms with E-state index in [0.717, 1.165) is 42.4 Å². The third kappa shape index (κ3) is 6.06. The molecule has 1 aromatic heterocycles. The molecule has 0 saturated heterocycles. The molecule has 162 valence electrons. The molecule has 0 aliphatic heterocycles. The van der Waals surface area contributed by atoms with E-state index in [1.807, 2.05) is 18.2 Å². The van der Waals surface area contributed by atoms with Crippen molar-refractivity contribution >= 4 is 29.0 Å². The van der Waals surface area contributed by atoms with E-state index in [4.69, 9.17) is 5.73 Å². The molecule has 6 heteroatoms. The lowest BCUT2D eigenvalue weighted by Crippen LogP contribution is -2.38. The summed E-state index contributed by atoms with van der Waals surface area (Å²) in [6.07, 6.45) is 7.00. The second-order valence-corrected chi connectivity index (χ2v) is 7.47. The van der Waals surface area contributed by atoms with Gasteiger partial charge in [0.1, 0.15) is 6.54 Å². The fraction of sp³-hybridized carbons (Fsp3) is 0.280. The van der Waals surface area contributed by atoms with E-state index in [0.29, 0.717) is 25.1 Å². The molecule has 3 rings (SSSR count). The number of fused-ring (bicyclic) bond motifs is 1. The molecule has 0 atom stereocenters. The van der Waals surface area contributed by atoms with Crippen molar-refractivity contribution in [2.24, 2.45) is 5.73 Å². The molecule has 0 fully saturated rings. The number of pyridine rings is 1. The van der Waals surface area contributed by atoms with Gasteiger partial charge in [-0.3, -0.25) is 4.79 Å². The number of aryl methyl sites for hydroxylation is 1. The second-order valence-electron chi connectivity index (χ2n) is 7.47. The lowest BCUT2D eigenvalue weighted by atomic mass is 10.1. The first-order chi connectivity index (χ1) is 15.1. The van der Waals surface area contributed by atoms with Crippen LogP contribution < -0.4 is 15.6 Å². The molecule has 31 heavy (non-hydrogen) atoms. The molecule has 1 heterocycles. The fourth-order valence-corrected chi connectivity index (χ4v) is 3.56. The zero-order valence-corrected chi connectivity index (χ0v) is 17.6. The third-order valence-electron chi connectivity index (χ3n) is 5.20. The number of hydrogen-bond donors (Lipinski definition) is 4. The monoisotopic (exact) mass is 420 g/mol. The molecule has 0 unspecified atom stereocenters. The van der Waals surface area contributed by atoms with E-state index < -0.39 is 0 Å². The fourth-order valence-electron chi connectivity index (χ4n) is 3.56. The molecule has 5 N–H and O–H groups in total. The Labute approximate surface area is 182 Å². The highest BCUT2D eigenvalue weighted by Crippen LogP contribution is 2.29. The van der Waals surface area contributed by atoms with Crippen LogP contribution >= 0.6 is 0 Å². The minimum Gasteiger partial charge on any atom is -0.504 e. The third-order valence-corrected chi connectivity index (χ3v) is 5.20. The van der Waals surface area contributed by atoms with Gasteiger partial charge in [0.05, 0.1) is 0 Å². The zero-order chi connectivity index (χ0) is 22.1. The first-order valence-corrected chi connectivity index (χ1v) is 10.7. The largest absolute Gasteiger partial charge is 0.504 e. The lowest BCUT2D eigenvalue weighted by Gasteiger charge is -2.06. The van der Waals surface area contributed by atoms with E-state index in [-0.39, 0.29) is 17.4 Å². The summed E-state index contributed by atoms with van der Waals surface area (Å²) in [6.45, 7) is 1.80. The SMILES string of the molecule is NCCNC(=O)CCCCC[n+]1c(/C=C/c2cccc(O)c2O)ccc2ccccc21. The van der Waals surface area contributed by atoms with Crippen LogP contribution in [0, 0.1) is 0 Å². The van der Waals surface area contributed by atoms with Crippen molar-refractivity contribution in [3.63, 3.8) is 0 Å². The van der Waals surface area contributed by atoms with Gasteiger partial charge in [0.2, 0.25) is 17.1 Å². The summed E-state index contributed by atoms with van der Waals surface area (Å²) in [5, 5.41) is 23.7. The maximum absolute atomic E-state index is 11.7. The number of aromatic nitrogens is 1. The van der Waals surface area contributed by atoms with Crippen LogP contribution in [0.2, 0.25) is 0 Å². The Morgan fingerprint density at radius 3 is 2.65 bits per heavy atom. The van der Waals surface area contributed by atoms with Crippen LogP contribution in [0.25, 0.3) is 23.1 Å². The van der Waals surface area contributed by atoms with Crippen LogP contribution in [0.4, 0.5) is 0 Å². The predicted octanol–water partition coefficient (Wildman–Crippen LogP) is 3.34. The molecule has 0 aliphatic carbocycles. The molecular formula is C25H30N3O3+. The zero-order valence-electron chi connectivity index (χ0n) is 17.6. The van der Waals surface area contributed by atoms with Crippen molar-refractivity contribution in [2.75, 3.05) is 13.1 Å². The number of phenolic OH excluding ortho intramolecular Hbond substituents is 2. The molecule has 0 radical (unpaired) electrons. The average molecular weight is 421 g/mol. The van der Waals surface area contributed by atoms with Crippen molar-refractivity contribution in [1.82, 2.24) is 5.32 Å². The number of rotatable bonds is 10. The van der Waals surface area contributed by atoms with Crippen LogP contribution in [0.15, 0.2) is 54.6 Å². The molecule has 0 spiro atoms. The number of nitrogens with two attached hydrogens (primary N) is 1. The number of unbranched alkanes of at least 4 members (excludes halogenated alkanes) is 2. The van der Waals surface area contributed by atoms with Crippen molar-refractivity contribution in [2.45, 2.75) is 32.2 Å². The molecule has 2 aromatic carbocycles. The summed E-state index contributed by atoms with van der Waals surface area (Å²) in [4.78, 5) is 11.7. The Hall–Kier alpha value is -3.38. The molecule has 0 saturated carbocycles. The minimum atomic E-state index is -0.135. The van der Waals surface area contributed by atoms with Crippen LogP contribution in [-0.2, 0) is 11.3 Å². The van der Waals surface area contributed by atoms with Gasteiger partial charge in [-0.15, -0.1) is 0 Å². The highest BCUT2D eigenvalue weighted by Gasteiger charge is 2.14. The number of nitrogens with one attached hydrogen (secondary N) is 1.